The first-order chi connectivity index (χ1) is 17.6. The van der Waals surface area contributed by atoms with Gasteiger partial charge in [0.05, 0.1) is 45.7 Å². The van der Waals surface area contributed by atoms with Gasteiger partial charge in [0.1, 0.15) is 17.9 Å². The van der Waals surface area contributed by atoms with Crippen molar-refractivity contribution in [2.45, 2.75) is 25.3 Å². The molecule has 2 bridgehead atoms. The quantitative estimate of drug-likeness (QED) is 0.539. The van der Waals surface area contributed by atoms with E-state index in [0.717, 1.165) is 0 Å². The highest BCUT2D eigenvalue weighted by Gasteiger charge is 2.39. The summed E-state index contributed by atoms with van der Waals surface area (Å²) in [5, 5.41) is 11.2. The average Bonchev–Trinajstić information content (AvgIpc) is 3.53. The number of pyridine rings is 2. The van der Waals surface area contributed by atoms with Gasteiger partial charge in [0.15, 0.2) is 11.4 Å². The third-order valence-electron chi connectivity index (χ3n) is 5.93. The Bertz CT molecular complexity index is 1270. The van der Waals surface area contributed by atoms with Crippen LogP contribution in [-0.2, 0) is 17.9 Å². The number of amides is 2. The maximum Gasteiger partial charge on any atom is 0.274 e. The molecule has 13 nitrogen and oxygen atoms in total. The first-order valence-electron chi connectivity index (χ1n) is 11.3. The molecule has 5 heterocycles. The largest absolute Gasteiger partial charge is 0.489 e. The molecule has 0 spiro atoms. The maximum atomic E-state index is 13.4. The molecule has 0 aromatic carbocycles. The first-order valence-corrected chi connectivity index (χ1v) is 11.3. The summed E-state index contributed by atoms with van der Waals surface area (Å²) in [6.45, 7) is 1.33. The lowest BCUT2D eigenvalue weighted by Gasteiger charge is -2.20. The van der Waals surface area contributed by atoms with E-state index in [1.165, 1.54) is 20.4 Å². The third kappa shape index (κ3) is 4.77. The third-order valence-corrected chi connectivity index (χ3v) is 5.93. The minimum Gasteiger partial charge on any atom is -0.489 e. The summed E-state index contributed by atoms with van der Waals surface area (Å²) in [5.74, 6) is 0.101. The Kier molecular flexibility index (Phi) is 6.62. The summed E-state index contributed by atoms with van der Waals surface area (Å²) >= 11 is 0. The molecule has 188 valence electrons. The monoisotopic (exact) mass is 495 g/mol. The van der Waals surface area contributed by atoms with E-state index in [1.54, 1.807) is 40.0 Å². The van der Waals surface area contributed by atoms with Gasteiger partial charge in [-0.1, -0.05) is 5.21 Å². The van der Waals surface area contributed by atoms with E-state index >= 15 is 0 Å². The van der Waals surface area contributed by atoms with Crippen molar-refractivity contribution in [1.82, 2.24) is 35.2 Å². The van der Waals surface area contributed by atoms with Crippen molar-refractivity contribution in [2.24, 2.45) is 0 Å². The second-order valence-corrected chi connectivity index (χ2v) is 8.22. The predicted octanol–water partition coefficient (Wildman–Crippen LogP) is 0.318. The zero-order valence-electron chi connectivity index (χ0n) is 19.8. The van der Waals surface area contributed by atoms with Crippen LogP contribution < -0.4 is 19.5 Å². The van der Waals surface area contributed by atoms with E-state index in [1.807, 2.05) is 0 Å². The number of aromatic nitrogens is 5. The molecule has 1 N–H and O–H groups in total. The number of rotatable bonds is 3. The van der Waals surface area contributed by atoms with Gasteiger partial charge in [0, 0.05) is 25.4 Å². The van der Waals surface area contributed by atoms with Crippen molar-refractivity contribution >= 4 is 11.8 Å². The van der Waals surface area contributed by atoms with Crippen LogP contribution in [-0.4, -0.2) is 87.7 Å². The Balaban J connectivity index is 1.42. The molecule has 2 atom stereocenters. The molecular weight excluding hydrogens is 470 g/mol. The Hall–Kier alpha value is -4.26. The summed E-state index contributed by atoms with van der Waals surface area (Å²) in [6.07, 6.45) is 2.80. The highest BCUT2D eigenvalue weighted by Crippen LogP contribution is 2.25. The van der Waals surface area contributed by atoms with Crippen molar-refractivity contribution in [1.29, 1.82) is 0 Å². The summed E-state index contributed by atoms with van der Waals surface area (Å²) < 4.78 is 24.0. The van der Waals surface area contributed by atoms with E-state index < -0.39 is 18.1 Å². The Morgan fingerprint density at radius 1 is 1.19 bits per heavy atom. The van der Waals surface area contributed by atoms with E-state index in [0.29, 0.717) is 23.9 Å². The SMILES string of the molecule is COc1ccc(C(=O)N2C[C@@H]3NC(=O)c4ncccc4OCCn4cc(nn4)CO[C@H]3C2)c(OC)n1. The number of hydrogen-bond donors (Lipinski definition) is 1. The number of nitrogens with zero attached hydrogens (tertiary/aromatic N) is 6. The van der Waals surface area contributed by atoms with Gasteiger partial charge in [-0.2, -0.15) is 4.98 Å². The second-order valence-electron chi connectivity index (χ2n) is 8.22. The molecule has 13 heteroatoms. The molecule has 2 aliphatic heterocycles. The van der Waals surface area contributed by atoms with Crippen LogP contribution in [0.3, 0.4) is 0 Å². The number of fused-ring (bicyclic) bond motifs is 4. The second kappa shape index (κ2) is 10.2. The molecule has 0 saturated carbocycles. The molecule has 2 aliphatic rings. The lowest BCUT2D eigenvalue weighted by Crippen LogP contribution is -2.44. The minimum absolute atomic E-state index is 0.148. The number of nitrogens with one attached hydrogen (secondary N) is 1. The molecule has 0 unspecified atom stereocenters. The fourth-order valence-corrected chi connectivity index (χ4v) is 4.14. The van der Waals surface area contributed by atoms with Gasteiger partial charge in [-0.15, -0.1) is 5.10 Å². The molecule has 3 aromatic rings. The van der Waals surface area contributed by atoms with E-state index in [-0.39, 0.29) is 49.3 Å². The molecule has 1 fully saturated rings. The minimum atomic E-state index is -0.508. The van der Waals surface area contributed by atoms with E-state index in [9.17, 15) is 9.59 Å². The van der Waals surface area contributed by atoms with Gasteiger partial charge in [-0.3, -0.25) is 9.59 Å². The number of likely N-dealkylation sites (tertiary alicyclic amines) is 1. The first kappa shape index (κ1) is 23.5. The van der Waals surface area contributed by atoms with Crippen LogP contribution in [0.25, 0.3) is 0 Å². The zero-order chi connectivity index (χ0) is 25.1. The van der Waals surface area contributed by atoms with Crippen molar-refractivity contribution < 1.29 is 28.5 Å². The number of carbonyl (C=O) groups excluding carboxylic acids is 2. The highest BCUT2D eigenvalue weighted by molar-refractivity contribution is 5.97. The lowest BCUT2D eigenvalue weighted by atomic mass is 10.2. The van der Waals surface area contributed by atoms with Gasteiger partial charge in [0.2, 0.25) is 11.8 Å². The molecule has 0 radical (unpaired) electrons. The maximum absolute atomic E-state index is 13.4. The van der Waals surface area contributed by atoms with Gasteiger partial charge in [0.25, 0.3) is 11.8 Å². The molecule has 0 aliphatic carbocycles. The van der Waals surface area contributed by atoms with Gasteiger partial charge in [-0.25, -0.2) is 9.67 Å². The van der Waals surface area contributed by atoms with Crippen molar-refractivity contribution in [3.05, 3.63) is 53.6 Å². The zero-order valence-corrected chi connectivity index (χ0v) is 19.8. The number of methoxy groups -OCH3 is 2. The number of ether oxygens (including phenoxy) is 4. The lowest BCUT2D eigenvalue weighted by molar-refractivity contribution is 0.0289. The van der Waals surface area contributed by atoms with Crippen LogP contribution in [0, 0.1) is 0 Å². The van der Waals surface area contributed by atoms with Gasteiger partial charge in [-0.05, 0) is 18.2 Å². The van der Waals surface area contributed by atoms with Crippen molar-refractivity contribution in [3.63, 3.8) is 0 Å². The summed E-state index contributed by atoms with van der Waals surface area (Å²) in [5.41, 5.74) is 1.06. The normalized spacial score (nSPS) is 19.8. The topological polar surface area (TPSA) is 143 Å². The van der Waals surface area contributed by atoms with Crippen LogP contribution in [0.2, 0.25) is 0 Å². The fourth-order valence-electron chi connectivity index (χ4n) is 4.14. The smallest absolute Gasteiger partial charge is 0.274 e. The summed E-state index contributed by atoms with van der Waals surface area (Å²) in [4.78, 5) is 36.6. The van der Waals surface area contributed by atoms with Gasteiger partial charge < -0.3 is 29.2 Å². The van der Waals surface area contributed by atoms with E-state index in [2.05, 4.69) is 25.6 Å². The standard InChI is InChI=1S/C23H25N7O6/c1-33-19-6-5-15(22(26-19)34-2)23(32)29-11-16-18(12-29)36-13-14-10-30(28-27-14)8-9-35-17-4-3-7-24-20(17)21(31)25-16/h3-7,10,16,18H,8-9,11-13H2,1-2H3,(H,25,31)/t16-,18-/m0/s1. The van der Waals surface area contributed by atoms with E-state index in [4.69, 9.17) is 18.9 Å². The number of hydrogen-bond acceptors (Lipinski definition) is 10. The molecule has 36 heavy (non-hydrogen) atoms. The van der Waals surface area contributed by atoms with Crippen LogP contribution in [0.1, 0.15) is 26.5 Å². The van der Waals surface area contributed by atoms with Crippen LogP contribution >= 0.6 is 0 Å². The van der Waals surface area contributed by atoms with Crippen molar-refractivity contribution in [2.75, 3.05) is 33.9 Å². The average molecular weight is 495 g/mol. The fraction of sp³-hybridized carbons (Fsp3) is 0.391. The molecule has 2 amide bonds. The Labute approximate surface area is 206 Å². The number of carbonyl (C=O) groups is 2. The molecule has 5 rings (SSSR count). The Morgan fingerprint density at radius 3 is 2.92 bits per heavy atom. The van der Waals surface area contributed by atoms with Crippen LogP contribution in [0.5, 0.6) is 17.5 Å². The van der Waals surface area contributed by atoms with Crippen molar-refractivity contribution in [3.8, 4) is 17.5 Å². The predicted molar refractivity (Wildman–Crippen MR) is 123 cm³/mol. The summed E-state index contributed by atoms with van der Waals surface area (Å²) in [7, 11) is 2.92. The summed E-state index contributed by atoms with van der Waals surface area (Å²) in [6, 6.07) is 6.06. The molecule has 1 saturated heterocycles. The van der Waals surface area contributed by atoms with Crippen LogP contribution in [0.15, 0.2) is 36.7 Å². The highest BCUT2D eigenvalue weighted by atomic mass is 16.5. The molecule has 3 aromatic heterocycles. The molecular formula is C23H25N7O6. The van der Waals surface area contributed by atoms with Gasteiger partial charge >= 0.3 is 0 Å². The van der Waals surface area contributed by atoms with Crippen LogP contribution in [0.4, 0.5) is 0 Å². The Morgan fingerprint density at radius 2 is 2.08 bits per heavy atom.